The molecule has 0 unspecified atom stereocenters. The minimum absolute atomic E-state index is 0. The summed E-state index contributed by atoms with van der Waals surface area (Å²) >= 11 is 0. The van der Waals surface area contributed by atoms with E-state index in [4.69, 9.17) is 0 Å². The van der Waals surface area contributed by atoms with E-state index in [2.05, 4.69) is 60.7 Å². The molecule has 0 aliphatic carbocycles. The maximum atomic E-state index is 2.24. The van der Waals surface area contributed by atoms with Gasteiger partial charge in [-0.25, -0.2) is 0 Å². The molecule has 0 fully saturated rings. The molecule has 0 aromatic heterocycles. The fourth-order valence-electron chi connectivity index (χ4n) is 1.88. The molecular weight excluding hydrogens is 224 g/mol. The number of rotatable bonds is 0. The van der Waals surface area contributed by atoms with E-state index in [9.17, 15) is 0 Å². The van der Waals surface area contributed by atoms with E-state index >= 15 is 0 Å². The average molecular weight is 234 g/mol. The van der Waals surface area contributed by atoms with Crippen molar-refractivity contribution in [2.75, 3.05) is 0 Å². The topological polar surface area (TPSA) is 0 Å². The molecule has 0 heterocycles. The first-order valence-electron chi connectivity index (χ1n) is 4.81. The van der Waals surface area contributed by atoms with E-state index in [1.807, 2.05) is 0 Å². The molecule has 0 spiro atoms. The van der Waals surface area contributed by atoms with Gasteiger partial charge in [0.05, 0.1) is 0 Å². The molecule has 15 heavy (non-hydrogen) atoms. The Labute approximate surface area is 99.4 Å². The van der Waals surface area contributed by atoms with Crippen LogP contribution in [0.4, 0.5) is 0 Å². The van der Waals surface area contributed by atoms with Gasteiger partial charge in [0.2, 0.25) is 0 Å². The van der Waals surface area contributed by atoms with E-state index in [0.29, 0.717) is 0 Å². The largest absolute Gasteiger partial charge is 0.0616 e. The van der Waals surface area contributed by atoms with Gasteiger partial charge in [0.15, 0.2) is 0 Å². The molecule has 0 bridgehead atoms. The summed E-state index contributed by atoms with van der Waals surface area (Å²) in [6, 6.07) is 21.4. The summed E-state index contributed by atoms with van der Waals surface area (Å²) < 4.78 is 0. The zero-order valence-electron chi connectivity index (χ0n) is 8.13. The molecule has 0 atom stereocenters. The average Bonchev–Trinajstić information content (AvgIpc) is 2.26. The first-order valence-corrected chi connectivity index (χ1v) is 4.81. The molecule has 0 N–H and O–H groups in total. The maximum Gasteiger partial charge on any atom is 0 e. The van der Waals surface area contributed by atoms with Gasteiger partial charge in [-0.1, -0.05) is 48.5 Å². The van der Waals surface area contributed by atoms with Crippen LogP contribution in [0.15, 0.2) is 60.7 Å². The summed E-state index contributed by atoms with van der Waals surface area (Å²) in [5, 5.41) is 5.25. The van der Waals surface area contributed by atoms with Gasteiger partial charge in [0.1, 0.15) is 0 Å². The molecule has 0 saturated carbocycles. The summed E-state index contributed by atoms with van der Waals surface area (Å²) in [5.41, 5.74) is 0. The zero-order chi connectivity index (χ0) is 9.38. The van der Waals surface area contributed by atoms with Crippen molar-refractivity contribution < 1.29 is 17.1 Å². The van der Waals surface area contributed by atoms with E-state index < -0.39 is 0 Å². The van der Waals surface area contributed by atoms with Crippen molar-refractivity contribution in [2.45, 2.75) is 0 Å². The SMILES string of the molecule is [Fe].c1ccc2cc3ccccc3cc2c1. The number of benzene rings is 3. The number of hydrogen-bond donors (Lipinski definition) is 0. The maximum absolute atomic E-state index is 2.24. The predicted octanol–water partition coefficient (Wildman–Crippen LogP) is 3.99. The smallest absolute Gasteiger partial charge is 0 e. The molecule has 0 amide bonds. The van der Waals surface area contributed by atoms with Crippen LogP contribution in [0.2, 0.25) is 0 Å². The third-order valence-corrected chi connectivity index (χ3v) is 2.61. The molecular formula is C14H10Fe. The van der Waals surface area contributed by atoms with Crippen LogP contribution < -0.4 is 0 Å². The second kappa shape index (κ2) is 4.06. The van der Waals surface area contributed by atoms with Crippen molar-refractivity contribution in [2.24, 2.45) is 0 Å². The molecule has 3 rings (SSSR count). The van der Waals surface area contributed by atoms with Crippen LogP contribution in [-0.2, 0) is 17.1 Å². The zero-order valence-corrected chi connectivity index (χ0v) is 9.23. The third-order valence-electron chi connectivity index (χ3n) is 2.61. The quantitative estimate of drug-likeness (QED) is 0.407. The Morgan fingerprint density at radius 3 is 1.00 bits per heavy atom. The first-order chi connectivity index (χ1) is 6.93. The van der Waals surface area contributed by atoms with Crippen LogP contribution in [0.3, 0.4) is 0 Å². The van der Waals surface area contributed by atoms with E-state index in [1.165, 1.54) is 21.5 Å². The summed E-state index contributed by atoms with van der Waals surface area (Å²) in [6.07, 6.45) is 0. The van der Waals surface area contributed by atoms with Gasteiger partial charge in [-0.15, -0.1) is 0 Å². The predicted molar refractivity (Wildman–Crippen MR) is 61.5 cm³/mol. The molecule has 74 valence electrons. The molecule has 0 nitrogen and oxygen atoms in total. The van der Waals surface area contributed by atoms with Gasteiger partial charge in [-0.2, -0.15) is 0 Å². The summed E-state index contributed by atoms with van der Waals surface area (Å²) in [7, 11) is 0. The van der Waals surface area contributed by atoms with Gasteiger partial charge >= 0.3 is 0 Å². The standard InChI is InChI=1S/C14H10.Fe/c1-2-6-12-10-14-8-4-3-7-13(14)9-11(12)5-1;/h1-10H;. The van der Waals surface area contributed by atoms with Crippen molar-refractivity contribution in [3.8, 4) is 0 Å². The van der Waals surface area contributed by atoms with E-state index in [0.717, 1.165) is 0 Å². The van der Waals surface area contributed by atoms with Crippen LogP contribution in [0, 0.1) is 0 Å². The Balaban J connectivity index is 0.000000853. The monoisotopic (exact) mass is 234 g/mol. The van der Waals surface area contributed by atoms with Crippen LogP contribution in [0.5, 0.6) is 0 Å². The summed E-state index contributed by atoms with van der Waals surface area (Å²) in [5.74, 6) is 0. The Morgan fingerprint density at radius 1 is 0.467 bits per heavy atom. The van der Waals surface area contributed by atoms with Crippen molar-refractivity contribution >= 4 is 21.5 Å². The van der Waals surface area contributed by atoms with Crippen LogP contribution >= 0.6 is 0 Å². The van der Waals surface area contributed by atoms with Crippen LogP contribution in [-0.4, -0.2) is 0 Å². The normalized spacial score (nSPS) is 10.1. The molecule has 0 aliphatic heterocycles. The van der Waals surface area contributed by atoms with Gasteiger partial charge in [0, 0.05) is 17.1 Å². The second-order valence-electron chi connectivity index (χ2n) is 3.55. The molecule has 0 radical (unpaired) electrons. The Bertz CT molecular complexity index is 494. The fraction of sp³-hybridized carbons (Fsp3) is 0. The molecule has 3 aromatic carbocycles. The van der Waals surface area contributed by atoms with Crippen molar-refractivity contribution in [1.82, 2.24) is 0 Å². The Kier molecular flexibility index (Phi) is 2.77. The second-order valence-corrected chi connectivity index (χ2v) is 3.55. The minimum atomic E-state index is 0. The summed E-state index contributed by atoms with van der Waals surface area (Å²) in [4.78, 5) is 0. The van der Waals surface area contributed by atoms with Gasteiger partial charge in [-0.3, -0.25) is 0 Å². The van der Waals surface area contributed by atoms with Gasteiger partial charge in [0.25, 0.3) is 0 Å². The first kappa shape index (κ1) is 10.2. The molecule has 1 heteroatoms. The Morgan fingerprint density at radius 2 is 0.733 bits per heavy atom. The van der Waals surface area contributed by atoms with Gasteiger partial charge < -0.3 is 0 Å². The van der Waals surface area contributed by atoms with E-state index in [1.54, 1.807) is 0 Å². The molecule has 3 aromatic rings. The molecule has 0 saturated heterocycles. The Hall–Kier alpha value is -1.30. The van der Waals surface area contributed by atoms with Crippen molar-refractivity contribution in [3.63, 3.8) is 0 Å². The minimum Gasteiger partial charge on any atom is -0.0616 e. The van der Waals surface area contributed by atoms with Crippen LogP contribution in [0.1, 0.15) is 0 Å². The fourth-order valence-corrected chi connectivity index (χ4v) is 1.88. The molecule has 0 aliphatic rings. The van der Waals surface area contributed by atoms with E-state index in [-0.39, 0.29) is 17.1 Å². The van der Waals surface area contributed by atoms with Gasteiger partial charge in [-0.05, 0) is 33.7 Å². The number of hydrogen-bond acceptors (Lipinski definition) is 0. The van der Waals surface area contributed by atoms with Crippen molar-refractivity contribution in [3.05, 3.63) is 60.7 Å². The van der Waals surface area contributed by atoms with Crippen molar-refractivity contribution in [1.29, 1.82) is 0 Å². The summed E-state index contributed by atoms with van der Waals surface area (Å²) in [6.45, 7) is 0. The van der Waals surface area contributed by atoms with Crippen LogP contribution in [0.25, 0.3) is 21.5 Å². The number of fused-ring (bicyclic) bond motifs is 2. The third kappa shape index (κ3) is 1.77.